The van der Waals surface area contributed by atoms with Gasteiger partial charge in [-0.05, 0) is 24.8 Å². The van der Waals surface area contributed by atoms with Crippen LogP contribution in [0.3, 0.4) is 0 Å². The third kappa shape index (κ3) is 5.31. The van der Waals surface area contributed by atoms with Crippen molar-refractivity contribution in [3.05, 3.63) is 29.5 Å². The van der Waals surface area contributed by atoms with E-state index in [4.69, 9.17) is 21.6 Å². The van der Waals surface area contributed by atoms with Crippen LogP contribution < -0.4 is 10.2 Å². The zero-order valence-electron chi connectivity index (χ0n) is 20.1. The Morgan fingerprint density at radius 2 is 2.18 bits per heavy atom. The van der Waals surface area contributed by atoms with E-state index in [0.717, 1.165) is 24.1 Å². The molecule has 1 aromatic rings. The number of fused-ring (bicyclic) bond motifs is 1. The fraction of sp³-hybridized carbons (Fsp3) is 0.625. The Hall–Kier alpha value is -1.97. The van der Waals surface area contributed by atoms with Crippen LogP contribution in [0.4, 0.5) is 11.8 Å². The molecule has 8 nitrogen and oxygen atoms in total. The van der Waals surface area contributed by atoms with Crippen molar-refractivity contribution in [1.29, 1.82) is 0 Å². The van der Waals surface area contributed by atoms with E-state index < -0.39 is 10.8 Å². The number of nitrogens with one attached hydrogen (secondary N) is 1. The molecule has 0 spiro atoms. The molecular formula is C24H34ClN5O3S. The lowest BCUT2D eigenvalue weighted by molar-refractivity contribution is -0.132. The van der Waals surface area contributed by atoms with Crippen LogP contribution in [0.15, 0.2) is 28.7 Å². The second-order valence-electron chi connectivity index (χ2n) is 9.76. The fourth-order valence-electron chi connectivity index (χ4n) is 4.65. The van der Waals surface area contributed by atoms with Gasteiger partial charge in [0.2, 0.25) is 11.9 Å². The summed E-state index contributed by atoms with van der Waals surface area (Å²) in [6, 6.07) is 0.0610. The molecular weight excluding hydrogens is 474 g/mol. The van der Waals surface area contributed by atoms with Crippen LogP contribution in [-0.4, -0.2) is 81.1 Å². The quantitative estimate of drug-likeness (QED) is 0.521. The number of halogens is 1. The standard InChI is InChI=1S/C24H34ClN5O3S/c1-24(15-31,16-4-6-17(25)7-5-16)11-12-29(2)23-27-19-10-13-34(33)21(19)22(28-23)26-18-8-9-20(32)30(3)14-18/h4-6,17-18,31H,7-15H2,1-3H3,(H,26,27,28)/t17?,18-,24?,34?/m0/s1. The van der Waals surface area contributed by atoms with Gasteiger partial charge in [0.25, 0.3) is 0 Å². The van der Waals surface area contributed by atoms with E-state index in [1.54, 1.807) is 11.9 Å². The number of aliphatic hydroxyl groups is 1. The van der Waals surface area contributed by atoms with E-state index in [2.05, 4.69) is 18.3 Å². The first-order chi connectivity index (χ1) is 16.2. The average Bonchev–Trinajstić information content (AvgIpc) is 3.21. The van der Waals surface area contributed by atoms with Crippen LogP contribution in [0.1, 0.15) is 38.3 Å². The van der Waals surface area contributed by atoms with E-state index in [-0.39, 0.29) is 29.3 Å². The lowest BCUT2D eigenvalue weighted by atomic mass is 9.77. The van der Waals surface area contributed by atoms with E-state index in [1.807, 2.05) is 24.1 Å². The Labute approximate surface area is 208 Å². The second-order valence-corrected chi connectivity index (χ2v) is 11.8. The van der Waals surface area contributed by atoms with Gasteiger partial charge in [0.1, 0.15) is 10.7 Å². The van der Waals surface area contributed by atoms with Gasteiger partial charge in [-0.15, -0.1) is 11.6 Å². The van der Waals surface area contributed by atoms with Crippen molar-refractivity contribution >= 4 is 40.1 Å². The molecule has 3 aliphatic rings. The van der Waals surface area contributed by atoms with Gasteiger partial charge in [-0.1, -0.05) is 25.2 Å². The van der Waals surface area contributed by atoms with Gasteiger partial charge in [0, 0.05) is 57.2 Å². The number of allylic oxidation sites excluding steroid dienone is 3. The highest BCUT2D eigenvalue weighted by Crippen LogP contribution is 2.36. The number of hydrogen-bond acceptors (Lipinski definition) is 7. The van der Waals surface area contributed by atoms with Gasteiger partial charge in [0.15, 0.2) is 0 Å². The minimum Gasteiger partial charge on any atom is -0.395 e. The lowest BCUT2D eigenvalue weighted by Gasteiger charge is -2.33. The predicted molar refractivity (Wildman–Crippen MR) is 136 cm³/mol. The third-order valence-electron chi connectivity index (χ3n) is 7.08. The maximum Gasteiger partial charge on any atom is 0.227 e. The van der Waals surface area contributed by atoms with Crippen molar-refractivity contribution in [2.45, 2.75) is 55.3 Å². The van der Waals surface area contributed by atoms with Crippen LogP contribution in [-0.2, 0) is 22.0 Å². The number of amides is 1. The molecule has 186 valence electrons. The molecule has 4 atom stereocenters. The molecule has 0 aromatic carbocycles. The number of aliphatic hydroxyl groups excluding tert-OH is 1. The van der Waals surface area contributed by atoms with Crippen molar-refractivity contribution in [2.75, 3.05) is 49.8 Å². The van der Waals surface area contributed by atoms with Gasteiger partial charge in [-0.2, -0.15) is 4.98 Å². The maximum atomic E-state index is 12.7. The van der Waals surface area contributed by atoms with E-state index >= 15 is 0 Å². The Morgan fingerprint density at radius 3 is 2.85 bits per heavy atom. The number of carbonyl (C=O) groups is 1. The predicted octanol–water partition coefficient (Wildman–Crippen LogP) is 2.49. The van der Waals surface area contributed by atoms with Crippen molar-refractivity contribution in [2.24, 2.45) is 5.41 Å². The van der Waals surface area contributed by atoms with Crippen LogP contribution in [0.2, 0.25) is 0 Å². The number of likely N-dealkylation sites (N-methyl/N-ethyl adjacent to an activating group) is 1. The molecule has 3 heterocycles. The normalized spacial score (nSPS) is 26.1. The highest BCUT2D eigenvalue weighted by molar-refractivity contribution is 7.85. The van der Waals surface area contributed by atoms with Crippen LogP contribution in [0.25, 0.3) is 0 Å². The smallest absolute Gasteiger partial charge is 0.227 e. The Balaban J connectivity index is 1.51. The van der Waals surface area contributed by atoms with Crippen LogP contribution in [0.5, 0.6) is 0 Å². The van der Waals surface area contributed by atoms with E-state index in [0.29, 0.717) is 54.8 Å². The Morgan fingerprint density at radius 1 is 1.38 bits per heavy atom. The van der Waals surface area contributed by atoms with E-state index in [9.17, 15) is 14.1 Å². The number of carbonyl (C=O) groups excluding carboxylic acids is 1. The van der Waals surface area contributed by atoms with Crippen molar-refractivity contribution in [3.8, 4) is 0 Å². The molecule has 4 rings (SSSR count). The summed E-state index contributed by atoms with van der Waals surface area (Å²) in [4.78, 5) is 25.8. The molecule has 34 heavy (non-hydrogen) atoms. The molecule has 0 saturated carbocycles. The number of likely N-dealkylation sites (tertiary alicyclic amines) is 1. The highest BCUT2D eigenvalue weighted by atomic mass is 35.5. The first kappa shape index (κ1) is 25.1. The summed E-state index contributed by atoms with van der Waals surface area (Å²) in [5.41, 5.74) is 1.54. The summed E-state index contributed by atoms with van der Waals surface area (Å²) in [6.45, 7) is 3.34. The first-order valence-electron chi connectivity index (χ1n) is 11.8. The summed E-state index contributed by atoms with van der Waals surface area (Å²) in [5.74, 6) is 1.90. The summed E-state index contributed by atoms with van der Waals surface area (Å²) in [7, 11) is 2.63. The Bertz CT molecular complexity index is 1030. The fourth-order valence-corrected chi connectivity index (χ4v) is 6.12. The second kappa shape index (κ2) is 10.3. The molecule has 3 unspecified atom stereocenters. The molecule has 10 heteroatoms. The van der Waals surface area contributed by atoms with Gasteiger partial charge < -0.3 is 20.2 Å². The third-order valence-corrected chi connectivity index (χ3v) is 8.86. The summed E-state index contributed by atoms with van der Waals surface area (Å²) in [6.07, 6.45) is 9.47. The van der Waals surface area contributed by atoms with Crippen molar-refractivity contribution in [3.63, 3.8) is 0 Å². The highest BCUT2D eigenvalue weighted by Gasteiger charge is 2.31. The Kier molecular flexibility index (Phi) is 7.64. The van der Waals surface area contributed by atoms with Gasteiger partial charge in [-0.25, -0.2) is 4.98 Å². The molecule has 1 saturated heterocycles. The number of nitrogens with zero attached hydrogens (tertiary/aromatic N) is 4. The molecule has 1 amide bonds. The lowest BCUT2D eigenvalue weighted by Crippen LogP contribution is -2.43. The molecule has 2 aliphatic heterocycles. The van der Waals surface area contributed by atoms with Gasteiger partial charge in [0.05, 0.1) is 28.5 Å². The largest absolute Gasteiger partial charge is 0.395 e. The SMILES string of the molecule is CN1C[C@@H](Nc2nc(N(C)CCC(C)(CO)C3=CCC(Cl)C=C3)nc3c2S(=O)CC3)CCC1=O. The molecule has 1 aliphatic carbocycles. The van der Waals surface area contributed by atoms with Crippen molar-refractivity contribution < 1.29 is 14.1 Å². The number of hydrogen-bond donors (Lipinski definition) is 2. The number of alkyl halides is 1. The number of piperidine rings is 1. The summed E-state index contributed by atoms with van der Waals surface area (Å²) < 4.78 is 12.7. The molecule has 0 bridgehead atoms. The van der Waals surface area contributed by atoms with E-state index in [1.165, 1.54) is 0 Å². The van der Waals surface area contributed by atoms with Gasteiger partial charge in [-0.3, -0.25) is 9.00 Å². The van der Waals surface area contributed by atoms with Crippen LogP contribution >= 0.6 is 11.6 Å². The number of aryl methyl sites for hydroxylation is 1. The zero-order valence-corrected chi connectivity index (χ0v) is 21.7. The maximum absolute atomic E-state index is 12.7. The molecule has 0 radical (unpaired) electrons. The summed E-state index contributed by atoms with van der Waals surface area (Å²) in [5, 5.41) is 13.6. The molecule has 2 N–H and O–H groups in total. The molecule has 1 fully saturated rings. The minimum atomic E-state index is -1.12. The van der Waals surface area contributed by atoms with Crippen molar-refractivity contribution in [1.82, 2.24) is 14.9 Å². The number of aromatic nitrogens is 2. The summed E-state index contributed by atoms with van der Waals surface area (Å²) >= 11 is 6.17. The monoisotopic (exact) mass is 507 g/mol. The minimum absolute atomic E-state index is 0.00715. The first-order valence-corrected chi connectivity index (χ1v) is 13.6. The topological polar surface area (TPSA) is 98.7 Å². The zero-order chi connectivity index (χ0) is 24.5. The van der Waals surface area contributed by atoms with Gasteiger partial charge >= 0.3 is 0 Å². The average molecular weight is 508 g/mol. The number of rotatable bonds is 8. The number of anilines is 2. The van der Waals surface area contributed by atoms with Crippen LogP contribution in [0, 0.1) is 5.41 Å². The molecule has 1 aromatic heterocycles.